The number of hydrogen-bond acceptors (Lipinski definition) is 5. The van der Waals surface area contributed by atoms with Crippen LogP contribution in [0.2, 0.25) is 0 Å². The smallest absolute Gasteiger partial charge is 0.224 e. The summed E-state index contributed by atoms with van der Waals surface area (Å²) in [7, 11) is 1.68. The van der Waals surface area contributed by atoms with Gasteiger partial charge in [-0.25, -0.2) is 4.98 Å². The van der Waals surface area contributed by atoms with Crippen molar-refractivity contribution in [3.63, 3.8) is 0 Å². The number of benzene rings is 2. The minimum Gasteiger partial charge on any atom is -0.497 e. The van der Waals surface area contributed by atoms with Crippen LogP contribution in [-0.2, 0) is 11.8 Å². The molecule has 0 aliphatic carbocycles. The third-order valence-electron chi connectivity index (χ3n) is 4.71. The van der Waals surface area contributed by atoms with Gasteiger partial charge in [0.25, 0.3) is 0 Å². The minimum absolute atomic E-state index is 0.143. The summed E-state index contributed by atoms with van der Waals surface area (Å²) in [6, 6.07) is 18.5. The van der Waals surface area contributed by atoms with E-state index in [1.54, 1.807) is 7.11 Å². The Morgan fingerprint density at radius 3 is 2.41 bits per heavy atom. The SMILES string of the molecule is COc1cccc(CCNc2nc(C)cc(Nc3ccc(C(C)(C)C)cc3)n2)c1. The zero-order valence-electron chi connectivity index (χ0n) is 17.9. The second-order valence-corrected chi connectivity index (χ2v) is 8.20. The van der Waals surface area contributed by atoms with Gasteiger partial charge in [-0.05, 0) is 54.2 Å². The molecule has 3 rings (SSSR count). The average Bonchev–Trinajstić information content (AvgIpc) is 2.67. The Hall–Kier alpha value is -3.08. The van der Waals surface area contributed by atoms with Crippen LogP contribution >= 0.6 is 0 Å². The fourth-order valence-electron chi connectivity index (χ4n) is 3.06. The van der Waals surface area contributed by atoms with Gasteiger partial charge in [0, 0.05) is 24.0 Å². The predicted molar refractivity (Wildman–Crippen MR) is 120 cm³/mol. The number of nitrogens with zero attached hydrogens (tertiary/aromatic N) is 2. The van der Waals surface area contributed by atoms with Gasteiger partial charge >= 0.3 is 0 Å². The number of nitrogens with one attached hydrogen (secondary N) is 2. The largest absolute Gasteiger partial charge is 0.497 e. The van der Waals surface area contributed by atoms with Gasteiger partial charge < -0.3 is 15.4 Å². The maximum atomic E-state index is 5.28. The molecule has 5 nitrogen and oxygen atoms in total. The van der Waals surface area contributed by atoms with Crippen molar-refractivity contribution in [2.45, 2.75) is 39.5 Å². The van der Waals surface area contributed by atoms with E-state index in [1.165, 1.54) is 11.1 Å². The highest BCUT2D eigenvalue weighted by Gasteiger charge is 2.13. The van der Waals surface area contributed by atoms with Crippen LogP contribution in [0.3, 0.4) is 0 Å². The Morgan fingerprint density at radius 2 is 1.72 bits per heavy atom. The van der Waals surface area contributed by atoms with Gasteiger partial charge in [0.05, 0.1) is 7.11 Å². The Morgan fingerprint density at radius 1 is 0.966 bits per heavy atom. The van der Waals surface area contributed by atoms with Crippen LogP contribution in [0.25, 0.3) is 0 Å². The van der Waals surface area contributed by atoms with Gasteiger partial charge in [-0.2, -0.15) is 4.98 Å². The summed E-state index contributed by atoms with van der Waals surface area (Å²) in [5.74, 6) is 2.28. The molecule has 2 N–H and O–H groups in total. The first kappa shape index (κ1) is 20.6. The summed E-state index contributed by atoms with van der Waals surface area (Å²) in [6.45, 7) is 9.37. The molecule has 0 bridgehead atoms. The standard InChI is InChI=1S/C24H30N4O/c1-17-15-22(27-20-11-9-19(10-12-20)24(2,3)4)28-23(26-17)25-14-13-18-7-6-8-21(16-18)29-5/h6-12,15-16H,13-14H2,1-5H3,(H2,25,26,27,28). The summed E-state index contributed by atoms with van der Waals surface area (Å²) in [4.78, 5) is 9.11. The highest BCUT2D eigenvalue weighted by molar-refractivity contribution is 5.58. The summed E-state index contributed by atoms with van der Waals surface area (Å²) >= 11 is 0. The lowest BCUT2D eigenvalue weighted by molar-refractivity contribution is 0.414. The van der Waals surface area contributed by atoms with Crippen molar-refractivity contribution in [1.82, 2.24) is 9.97 Å². The molecule has 0 saturated heterocycles. The fraction of sp³-hybridized carbons (Fsp3) is 0.333. The first-order valence-corrected chi connectivity index (χ1v) is 9.93. The van der Waals surface area contributed by atoms with Gasteiger partial charge in [-0.15, -0.1) is 0 Å². The van der Waals surface area contributed by atoms with Crippen LogP contribution in [0.5, 0.6) is 5.75 Å². The molecule has 0 atom stereocenters. The first-order valence-electron chi connectivity index (χ1n) is 9.93. The van der Waals surface area contributed by atoms with E-state index in [0.29, 0.717) is 5.95 Å². The van der Waals surface area contributed by atoms with Crippen molar-refractivity contribution in [2.75, 3.05) is 24.3 Å². The molecule has 29 heavy (non-hydrogen) atoms. The van der Waals surface area contributed by atoms with Crippen molar-refractivity contribution >= 4 is 17.5 Å². The molecule has 0 radical (unpaired) electrons. The van der Waals surface area contributed by atoms with Crippen molar-refractivity contribution in [3.8, 4) is 5.75 Å². The van der Waals surface area contributed by atoms with Crippen LogP contribution < -0.4 is 15.4 Å². The van der Waals surface area contributed by atoms with Crippen molar-refractivity contribution in [2.24, 2.45) is 0 Å². The van der Waals surface area contributed by atoms with E-state index in [4.69, 9.17) is 4.74 Å². The minimum atomic E-state index is 0.143. The van der Waals surface area contributed by atoms with Gasteiger partial charge in [-0.1, -0.05) is 45.0 Å². The Kier molecular flexibility index (Phi) is 6.37. The fourth-order valence-corrected chi connectivity index (χ4v) is 3.06. The van der Waals surface area contributed by atoms with Gasteiger partial charge in [0.2, 0.25) is 5.95 Å². The number of anilines is 3. The molecular weight excluding hydrogens is 360 g/mol. The Labute approximate surface area is 173 Å². The summed E-state index contributed by atoms with van der Waals surface area (Å²) < 4.78 is 5.28. The molecule has 152 valence electrons. The molecule has 1 aromatic heterocycles. The number of methoxy groups -OCH3 is 1. The van der Waals surface area contributed by atoms with Crippen LogP contribution in [0.1, 0.15) is 37.6 Å². The van der Waals surface area contributed by atoms with Crippen molar-refractivity contribution < 1.29 is 4.74 Å². The van der Waals surface area contributed by atoms with E-state index in [2.05, 4.69) is 71.7 Å². The van der Waals surface area contributed by atoms with E-state index in [9.17, 15) is 0 Å². The molecule has 2 aromatic carbocycles. The second-order valence-electron chi connectivity index (χ2n) is 8.20. The van der Waals surface area contributed by atoms with Crippen molar-refractivity contribution in [1.29, 1.82) is 0 Å². The van der Waals surface area contributed by atoms with E-state index in [0.717, 1.165) is 35.9 Å². The molecule has 0 unspecified atom stereocenters. The number of hydrogen-bond donors (Lipinski definition) is 2. The highest BCUT2D eigenvalue weighted by atomic mass is 16.5. The van der Waals surface area contributed by atoms with E-state index in [1.807, 2.05) is 31.2 Å². The highest BCUT2D eigenvalue weighted by Crippen LogP contribution is 2.25. The maximum Gasteiger partial charge on any atom is 0.224 e. The molecule has 5 heteroatoms. The molecule has 1 heterocycles. The maximum absolute atomic E-state index is 5.28. The predicted octanol–water partition coefficient (Wildman–Crippen LogP) is 5.49. The molecule has 0 aliphatic rings. The zero-order chi connectivity index (χ0) is 20.9. The monoisotopic (exact) mass is 390 g/mol. The molecular formula is C24H30N4O. The zero-order valence-corrected chi connectivity index (χ0v) is 17.9. The van der Waals surface area contributed by atoms with Gasteiger partial charge in [0.1, 0.15) is 11.6 Å². The molecule has 0 amide bonds. The lowest BCUT2D eigenvalue weighted by Gasteiger charge is -2.19. The summed E-state index contributed by atoms with van der Waals surface area (Å²) in [5.41, 5.74) is 4.59. The van der Waals surface area contributed by atoms with Crippen LogP contribution in [0.15, 0.2) is 54.6 Å². The molecule has 0 aliphatic heterocycles. The second kappa shape index (κ2) is 8.95. The summed E-state index contributed by atoms with van der Waals surface area (Å²) in [5, 5.41) is 6.70. The number of ether oxygens (including phenoxy) is 1. The first-order chi connectivity index (χ1) is 13.8. The normalized spacial score (nSPS) is 11.2. The van der Waals surface area contributed by atoms with Gasteiger partial charge in [-0.3, -0.25) is 0 Å². The average molecular weight is 391 g/mol. The van der Waals surface area contributed by atoms with Crippen LogP contribution in [0, 0.1) is 6.92 Å². The Bertz CT molecular complexity index is 946. The molecule has 0 fully saturated rings. The lowest BCUT2D eigenvalue weighted by atomic mass is 9.87. The summed E-state index contributed by atoms with van der Waals surface area (Å²) in [6.07, 6.45) is 0.867. The number of aryl methyl sites for hydroxylation is 1. The number of aromatic nitrogens is 2. The van der Waals surface area contributed by atoms with E-state index >= 15 is 0 Å². The quantitative estimate of drug-likeness (QED) is 0.559. The van der Waals surface area contributed by atoms with Gasteiger partial charge in [0.15, 0.2) is 0 Å². The van der Waals surface area contributed by atoms with Crippen LogP contribution in [-0.4, -0.2) is 23.6 Å². The van der Waals surface area contributed by atoms with E-state index < -0.39 is 0 Å². The number of rotatable bonds is 7. The topological polar surface area (TPSA) is 59.1 Å². The molecule has 0 saturated carbocycles. The Balaban J connectivity index is 1.63. The lowest BCUT2D eigenvalue weighted by Crippen LogP contribution is -2.11. The third-order valence-corrected chi connectivity index (χ3v) is 4.71. The van der Waals surface area contributed by atoms with Crippen LogP contribution in [0.4, 0.5) is 17.5 Å². The van der Waals surface area contributed by atoms with E-state index in [-0.39, 0.29) is 5.41 Å². The third kappa shape index (κ3) is 5.95. The molecule has 3 aromatic rings. The van der Waals surface area contributed by atoms with Crippen molar-refractivity contribution in [3.05, 3.63) is 71.4 Å². The molecule has 0 spiro atoms.